The smallest absolute Gasteiger partial charge is 0.373 e. The Bertz CT molecular complexity index is 1030. The highest BCUT2D eigenvalue weighted by atomic mass is 35.5. The quantitative estimate of drug-likeness (QED) is 0.387. The van der Waals surface area contributed by atoms with E-state index in [1.165, 1.54) is 6.07 Å². The molecule has 0 saturated carbocycles. The maximum Gasteiger partial charge on any atom is 0.373 e. The van der Waals surface area contributed by atoms with Gasteiger partial charge in [-0.15, -0.1) is 0 Å². The number of halogens is 3. The van der Waals surface area contributed by atoms with Gasteiger partial charge in [0.2, 0.25) is 5.82 Å². The molecule has 3 aromatic rings. The fourth-order valence-corrected chi connectivity index (χ4v) is 2.78. The Hall–Kier alpha value is -2.61. The first-order valence-corrected chi connectivity index (χ1v) is 8.64. The van der Waals surface area contributed by atoms with E-state index in [1.807, 2.05) is 0 Å². The molecule has 27 heavy (non-hydrogen) atoms. The predicted molar refractivity (Wildman–Crippen MR) is 105 cm³/mol. The molecule has 0 saturated heterocycles. The predicted octanol–water partition coefficient (Wildman–Crippen LogP) is 6.19. The van der Waals surface area contributed by atoms with Crippen molar-refractivity contribution in [3.05, 3.63) is 73.5 Å². The number of nitrogens with one attached hydrogen (secondary N) is 1. The average molecular weight is 426 g/mol. The van der Waals surface area contributed by atoms with E-state index in [4.69, 9.17) is 39.5 Å². The van der Waals surface area contributed by atoms with Crippen LogP contribution in [0.2, 0.25) is 15.1 Å². The summed E-state index contributed by atoms with van der Waals surface area (Å²) in [5.41, 5.74) is 0.726. The summed E-state index contributed by atoms with van der Waals surface area (Å²) in [5, 5.41) is 15.7. The third-order valence-electron chi connectivity index (χ3n) is 3.50. The lowest BCUT2D eigenvalue weighted by atomic mass is 10.2. The molecule has 3 rings (SSSR count). The van der Waals surface area contributed by atoms with Crippen LogP contribution in [0, 0.1) is 17.0 Å². The van der Waals surface area contributed by atoms with Crippen LogP contribution in [0.15, 0.2) is 42.7 Å². The van der Waals surface area contributed by atoms with Crippen molar-refractivity contribution in [2.45, 2.75) is 6.92 Å². The standard InChI is InChI=1S/C17H11Cl3N4O3/c1-9-6-11(3-4-12(9)19)27-17-15(24(25)26)16(21-8-22-17)23-14-5-2-10(18)7-13(14)20/h2-8H,1H3,(H,21,22,23). The normalized spacial score (nSPS) is 10.5. The second kappa shape index (κ2) is 7.96. The molecule has 0 fully saturated rings. The van der Waals surface area contributed by atoms with E-state index in [2.05, 4.69) is 15.3 Å². The minimum absolute atomic E-state index is 0.0695. The van der Waals surface area contributed by atoms with Crippen molar-refractivity contribution in [1.29, 1.82) is 0 Å². The second-order valence-corrected chi connectivity index (χ2v) is 6.65. The number of aromatic nitrogens is 2. The van der Waals surface area contributed by atoms with Gasteiger partial charge in [-0.1, -0.05) is 34.8 Å². The number of rotatable bonds is 5. The summed E-state index contributed by atoms with van der Waals surface area (Å²) in [7, 11) is 0. The van der Waals surface area contributed by atoms with E-state index >= 15 is 0 Å². The van der Waals surface area contributed by atoms with Crippen molar-refractivity contribution in [1.82, 2.24) is 9.97 Å². The van der Waals surface area contributed by atoms with Crippen LogP contribution in [0.1, 0.15) is 5.56 Å². The Kier molecular flexibility index (Phi) is 5.65. The molecule has 0 amide bonds. The number of nitro groups is 1. The van der Waals surface area contributed by atoms with Crippen molar-refractivity contribution in [2.24, 2.45) is 0 Å². The lowest BCUT2D eigenvalue weighted by Gasteiger charge is -2.11. The van der Waals surface area contributed by atoms with E-state index in [0.29, 0.717) is 21.5 Å². The molecule has 0 unspecified atom stereocenters. The first-order valence-electron chi connectivity index (χ1n) is 7.50. The van der Waals surface area contributed by atoms with E-state index in [9.17, 15) is 10.1 Å². The molecule has 0 bridgehead atoms. The van der Waals surface area contributed by atoms with Gasteiger partial charge in [-0.25, -0.2) is 4.98 Å². The number of hydrogen-bond acceptors (Lipinski definition) is 6. The Morgan fingerprint density at radius 1 is 1.07 bits per heavy atom. The Labute approximate surface area is 169 Å². The summed E-state index contributed by atoms with van der Waals surface area (Å²) < 4.78 is 5.59. The highest BCUT2D eigenvalue weighted by Gasteiger charge is 2.25. The molecule has 0 atom stereocenters. The minimum atomic E-state index is -0.635. The van der Waals surface area contributed by atoms with Gasteiger partial charge in [-0.2, -0.15) is 4.98 Å². The zero-order valence-electron chi connectivity index (χ0n) is 13.7. The lowest BCUT2D eigenvalue weighted by molar-refractivity contribution is -0.385. The molecule has 0 aliphatic heterocycles. The van der Waals surface area contributed by atoms with Crippen LogP contribution < -0.4 is 10.1 Å². The number of aryl methyl sites for hydroxylation is 1. The summed E-state index contributed by atoms with van der Waals surface area (Å²) in [5.74, 6) is 0.0680. The van der Waals surface area contributed by atoms with E-state index < -0.39 is 10.6 Å². The van der Waals surface area contributed by atoms with Gasteiger partial charge in [0.25, 0.3) is 0 Å². The van der Waals surface area contributed by atoms with Crippen molar-refractivity contribution >= 4 is 52.0 Å². The molecule has 1 N–H and O–H groups in total. The SMILES string of the molecule is Cc1cc(Oc2ncnc(Nc3ccc(Cl)cc3Cl)c2[N+](=O)[O-])ccc1Cl. The third kappa shape index (κ3) is 4.39. The van der Waals surface area contributed by atoms with E-state index in [0.717, 1.165) is 11.9 Å². The van der Waals surface area contributed by atoms with Crippen molar-refractivity contribution in [3.8, 4) is 11.6 Å². The van der Waals surface area contributed by atoms with Gasteiger partial charge in [0.1, 0.15) is 12.1 Å². The first kappa shape index (κ1) is 19.2. The molecule has 0 radical (unpaired) electrons. The topological polar surface area (TPSA) is 90.2 Å². The maximum atomic E-state index is 11.6. The van der Waals surface area contributed by atoms with Gasteiger partial charge < -0.3 is 10.1 Å². The Morgan fingerprint density at radius 2 is 1.85 bits per heavy atom. The molecule has 0 spiro atoms. The van der Waals surface area contributed by atoms with Crippen molar-refractivity contribution in [3.63, 3.8) is 0 Å². The summed E-state index contributed by atoms with van der Waals surface area (Å²) in [6.07, 6.45) is 1.15. The van der Waals surface area contributed by atoms with Gasteiger partial charge in [0.15, 0.2) is 0 Å². The van der Waals surface area contributed by atoms with E-state index in [1.54, 1.807) is 37.3 Å². The van der Waals surface area contributed by atoms with Crippen LogP contribution >= 0.6 is 34.8 Å². The summed E-state index contributed by atoms with van der Waals surface area (Å²) in [6, 6.07) is 9.55. The minimum Gasteiger partial charge on any atom is -0.434 e. The zero-order chi connectivity index (χ0) is 19.6. The lowest BCUT2D eigenvalue weighted by Crippen LogP contribution is -2.04. The van der Waals surface area contributed by atoms with Crippen LogP contribution in [-0.2, 0) is 0 Å². The monoisotopic (exact) mass is 424 g/mol. The average Bonchev–Trinajstić information content (AvgIpc) is 2.60. The van der Waals surface area contributed by atoms with Gasteiger partial charge in [-0.3, -0.25) is 10.1 Å². The summed E-state index contributed by atoms with van der Waals surface area (Å²) in [6.45, 7) is 1.79. The van der Waals surface area contributed by atoms with Crippen molar-refractivity contribution < 1.29 is 9.66 Å². The highest BCUT2D eigenvalue weighted by molar-refractivity contribution is 6.36. The van der Waals surface area contributed by atoms with Crippen LogP contribution in [0.25, 0.3) is 0 Å². The number of nitrogens with zero attached hydrogens (tertiary/aromatic N) is 3. The molecule has 0 aliphatic carbocycles. The fraction of sp³-hybridized carbons (Fsp3) is 0.0588. The van der Waals surface area contributed by atoms with Gasteiger partial charge >= 0.3 is 11.6 Å². The van der Waals surface area contributed by atoms with Crippen LogP contribution in [0.4, 0.5) is 17.2 Å². The maximum absolute atomic E-state index is 11.6. The van der Waals surface area contributed by atoms with Crippen LogP contribution in [-0.4, -0.2) is 14.9 Å². The fourth-order valence-electron chi connectivity index (χ4n) is 2.20. The zero-order valence-corrected chi connectivity index (χ0v) is 16.0. The molecule has 2 aromatic carbocycles. The summed E-state index contributed by atoms with van der Waals surface area (Å²) >= 11 is 18.0. The van der Waals surface area contributed by atoms with Gasteiger partial charge in [0.05, 0.1) is 15.6 Å². The largest absolute Gasteiger partial charge is 0.434 e. The number of anilines is 2. The number of hydrogen-bond donors (Lipinski definition) is 1. The first-order chi connectivity index (χ1) is 12.8. The third-order valence-corrected chi connectivity index (χ3v) is 4.47. The van der Waals surface area contributed by atoms with Gasteiger partial charge in [-0.05, 0) is 48.9 Å². The number of benzene rings is 2. The molecule has 1 aromatic heterocycles. The highest BCUT2D eigenvalue weighted by Crippen LogP contribution is 2.37. The van der Waals surface area contributed by atoms with Crippen LogP contribution in [0.3, 0.4) is 0 Å². The molecule has 0 aliphatic rings. The molecular weight excluding hydrogens is 415 g/mol. The Balaban J connectivity index is 1.99. The number of ether oxygens (including phenoxy) is 1. The second-order valence-electron chi connectivity index (χ2n) is 5.40. The molecule has 138 valence electrons. The Morgan fingerprint density at radius 3 is 2.52 bits per heavy atom. The molecule has 1 heterocycles. The molecular formula is C17H11Cl3N4O3. The van der Waals surface area contributed by atoms with E-state index in [-0.39, 0.29) is 16.7 Å². The molecule has 7 nitrogen and oxygen atoms in total. The van der Waals surface area contributed by atoms with Crippen LogP contribution in [0.5, 0.6) is 11.6 Å². The summed E-state index contributed by atoms with van der Waals surface area (Å²) in [4.78, 5) is 18.8. The van der Waals surface area contributed by atoms with Crippen molar-refractivity contribution in [2.75, 3.05) is 5.32 Å². The molecule has 10 heteroatoms. The van der Waals surface area contributed by atoms with Gasteiger partial charge in [0, 0.05) is 10.0 Å².